The molecule has 5 nitrogen and oxygen atoms in total. The number of hydrogen-bond donors (Lipinski definition) is 1. The maximum Gasteiger partial charge on any atom is 0.349 e. The van der Waals surface area contributed by atoms with Gasteiger partial charge in [-0.2, -0.15) is 5.26 Å². The van der Waals surface area contributed by atoms with Gasteiger partial charge in [-0.25, -0.2) is 4.79 Å². The van der Waals surface area contributed by atoms with Crippen molar-refractivity contribution in [2.24, 2.45) is 0 Å². The molecule has 0 saturated heterocycles. The van der Waals surface area contributed by atoms with Crippen LogP contribution in [0.2, 0.25) is 0 Å². The number of aromatic hydroxyl groups is 1. The molecule has 0 aliphatic carbocycles. The number of nitrogens with zero attached hydrogens (tertiary/aromatic N) is 1. The van der Waals surface area contributed by atoms with Crippen LogP contribution in [0.4, 0.5) is 0 Å². The Bertz CT molecular complexity index is 588. The lowest BCUT2D eigenvalue weighted by molar-refractivity contribution is -0.142. The summed E-state index contributed by atoms with van der Waals surface area (Å²) in [6.07, 6.45) is 1.06. The zero-order valence-electron chi connectivity index (χ0n) is 11.3. The van der Waals surface area contributed by atoms with Gasteiger partial charge in [0.15, 0.2) is 11.5 Å². The highest BCUT2D eigenvalue weighted by Gasteiger charge is 2.14. The molecule has 0 saturated carbocycles. The predicted octanol–water partition coefficient (Wildman–Crippen LogP) is 3.02. The van der Waals surface area contributed by atoms with Crippen molar-refractivity contribution in [1.29, 1.82) is 5.26 Å². The molecule has 20 heavy (non-hydrogen) atoms. The minimum Gasteiger partial charge on any atom is -0.504 e. The molecule has 1 aromatic carbocycles. The molecule has 0 aliphatic rings. The van der Waals surface area contributed by atoms with Gasteiger partial charge in [-0.3, -0.25) is 0 Å². The van der Waals surface area contributed by atoms with E-state index >= 15 is 0 Å². The van der Waals surface area contributed by atoms with Crippen LogP contribution in [0.3, 0.4) is 0 Å². The van der Waals surface area contributed by atoms with E-state index in [9.17, 15) is 9.90 Å². The highest BCUT2D eigenvalue weighted by atomic mass is 79.9. The number of carbonyl (C=O) groups excluding carboxylic acids is 1. The van der Waals surface area contributed by atoms with Crippen molar-refractivity contribution < 1.29 is 19.4 Å². The van der Waals surface area contributed by atoms with Crippen molar-refractivity contribution in [3.63, 3.8) is 0 Å². The molecule has 1 N–H and O–H groups in total. The second-order valence-electron chi connectivity index (χ2n) is 4.17. The lowest BCUT2D eigenvalue weighted by Gasteiger charge is -2.08. The third-order valence-electron chi connectivity index (χ3n) is 2.28. The van der Waals surface area contributed by atoms with Gasteiger partial charge in [0.05, 0.1) is 13.2 Å². The first kappa shape index (κ1) is 16.1. The highest BCUT2D eigenvalue weighted by molar-refractivity contribution is 9.10. The van der Waals surface area contributed by atoms with Crippen LogP contribution in [0.1, 0.15) is 19.4 Å². The van der Waals surface area contributed by atoms with E-state index in [4.69, 9.17) is 14.7 Å². The van der Waals surface area contributed by atoms with E-state index in [1.807, 2.05) is 0 Å². The molecule has 0 aromatic heterocycles. The maximum atomic E-state index is 11.7. The van der Waals surface area contributed by atoms with E-state index in [0.29, 0.717) is 10.0 Å². The van der Waals surface area contributed by atoms with Gasteiger partial charge in [0.2, 0.25) is 0 Å². The zero-order valence-corrected chi connectivity index (χ0v) is 12.9. The van der Waals surface area contributed by atoms with Crippen molar-refractivity contribution in [3.05, 3.63) is 27.7 Å². The normalized spacial score (nSPS) is 11.1. The van der Waals surface area contributed by atoms with Crippen molar-refractivity contribution in [2.75, 3.05) is 7.11 Å². The molecule has 6 heteroatoms. The first-order valence-corrected chi connectivity index (χ1v) is 6.57. The monoisotopic (exact) mass is 339 g/mol. The Hall–Kier alpha value is -2.00. The number of ether oxygens (including phenoxy) is 2. The van der Waals surface area contributed by atoms with E-state index in [-0.39, 0.29) is 23.2 Å². The molecule has 1 rings (SSSR count). The molecule has 0 radical (unpaired) electrons. The first-order valence-electron chi connectivity index (χ1n) is 5.78. The summed E-state index contributed by atoms with van der Waals surface area (Å²) >= 11 is 3.25. The van der Waals surface area contributed by atoms with Gasteiger partial charge >= 0.3 is 5.97 Å². The predicted molar refractivity (Wildman–Crippen MR) is 77.2 cm³/mol. The molecule has 0 heterocycles. The maximum absolute atomic E-state index is 11.7. The quantitative estimate of drug-likeness (QED) is 0.518. The number of phenolic OH excluding ortho intramolecular Hbond substituents is 1. The summed E-state index contributed by atoms with van der Waals surface area (Å²) < 4.78 is 10.5. The molecule has 0 amide bonds. The SMILES string of the molecule is COc1cc(/C=C(/C#N)C(=O)OC(C)C)c(Br)cc1O. The third-order valence-corrected chi connectivity index (χ3v) is 2.97. The average molecular weight is 340 g/mol. The van der Waals surface area contributed by atoms with Gasteiger partial charge in [0.1, 0.15) is 11.6 Å². The Balaban J connectivity index is 3.20. The topological polar surface area (TPSA) is 79.5 Å². The molecule has 0 bridgehead atoms. The van der Waals surface area contributed by atoms with Gasteiger partial charge in [-0.1, -0.05) is 15.9 Å². The van der Waals surface area contributed by atoms with Gasteiger partial charge < -0.3 is 14.6 Å². The summed E-state index contributed by atoms with van der Waals surface area (Å²) in [5, 5.41) is 18.6. The molecule has 0 atom stereocenters. The fourth-order valence-electron chi connectivity index (χ4n) is 1.40. The number of rotatable bonds is 4. The summed E-state index contributed by atoms with van der Waals surface area (Å²) in [6.45, 7) is 3.40. The fourth-order valence-corrected chi connectivity index (χ4v) is 1.85. The number of benzene rings is 1. The van der Waals surface area contributed by atoms with Crippen LogP contribution in [0.5, 0.6) is 11.5 Å². The van der Waals surface area contributed by atoms with Crippen molar-refractivity contribution in [2.45, 2.75) is 20.0 Å². The standard InChI is InChI=1S/C14H14BrNO4/c1-8(2)20-14(18)10(7-16)4-9-5-13(19-3)12(17)6-11(9)15/h4-6,8,17H,1-3H3/b10-4-. The number of hydrogen-bond acceptors (Lipinski definition) is 5. The van der Waals surface area contributed by atoms with Gasteiger partial charge in [0, 0.05) is 4.47 Å². The second kappa shape index (κ2) is 6.96. The Morgan fingerprint density at radius 3 is 2.65 bits per heavy atom. The smallest absolute Gasteiger partial charge is 0.349 e. The summed E-state index contributed by atoms with van der Waals surface area (Å²) in [6, 6.07) is 4.73. The number of nitriles is 1. The second-order valence-corrected chi connectivity index (χ2v) is 5.02. The van der Waals surface area contributed by atoms with Crippen LogP contribution in [0.25, 0.3) is 6.08 Å². The van der Waals surface area contributed by atoms with Crippen molar-refractivity contribution >= 4 is 28.0 Å². The van der Waals surface area contributed by atoms with Gasteiger partial charge in [-0.15, -0.1) is 0 Å². The number of carbonyl (C=O) groups is 1. The summed E-state index contributed by atoms with van der Waals surface area (Å²) in [4.78, 5) is 11.7. The third kappa shape index (κ3) is 4.00. The largest absolute Gasteiger partial charge is 0.504 e. The van der Waals surface area contributed by atoms with Crippen LogP contribution < -0.4 is 4.74 Å². The van der Waals surface area contributed by atoms with E-state index < -0.39 is 5.97 Å². The Kier molecular flexibility index (Phi) is 5.59. The van der Waals surface area contributed by atoms with Crippen LogP contribution >= 0.6 is 15.9 Å². The Labute approximate surface area is 125 Å². The van der Waals surface area contributed by atoms with E-state index in [1.165, 1.54) is 25.3 Å². The van der Waals surface area contributed by atoms with E-state index in [1.54, 1.807) is 19.9 Å². The lowest BCUT2D eigenvalue weighted by Crippen LogP contribution is -2.12. The summed E-state index contributed by atoms with van der Waals surface area (Å²) in [5.41, 5.74) is 0.393. The summed E-state index contributed by atoms with van der Waals surface area (Å²) in [5.74, 6) is -0.491. The Morgan fingerprint density at radius 1 is 1.50 bits per heavy atom. The molecule has 0 spiro atoms. The zero-order chi connectivity index (χ0) is 15.3. The van der Waals surface area contributed by atoms with Crippen molar-refractivity contribution in [3.8, 4) is 17.6 Å². The number of phenols is 1. The minimum atomic E-state index is -0.693. The molecule has 0 unspecified atom stereocenters. The lowest BCUT2D eigenvalue weighted by atomic mass is 10.1. The van der Waals surface area contributed by atoms with Gasteiger partial charge in [-0.05, 0) is 37.6 Å². The van der Waals surface area contributed by atoms with Crippen LogP contribution in [0.15, 0.2) is 22.2 Å². The average Bonchev–Trinajstić information content (AvgIpc) is 2.36. The number of halogens is 1. The highest BCUT2D eigenvalue weighted by Crippen LogP contribution is 2.33. The van der Waals surface area contributed by atoms with Crippen LogP contribution in [-0.4, -0.2) is 24.3 Å². The van der Waals surface area contributed by atoms with Crippen LogP contribution in [-0.2, 0) is 9.53 Å². The fraction of sp³-hybridized carbons (Fsp3) is 0.286. The van der Waals surface area contributed by atoms with E-state index in [0.717, 1.165) is 0 Å². The van der Waals surface area contributed by atoms with Crippen molar-refractivity contribution in [1.82, 2.24) is 0 Å². The number of esters is 1. The molecule has 106 valence electrons. The molecular formula is C14H14BrNO4. The first-order chi connectivity index (χ1) is 9.38. The van der Waals surface area contributed by atoms with E-state index in [2.05, 4.69) is 15.9 Å². The minimum absolute atomic E-state index is 0.0419. The molecule has 1 aromatic rings. The molecule has 0 fully saturated rings. The summed E-state index contributed by atoms with van der Waals surface area (Å²) in [7, 11) is 1.41. The molecule has 0 aliphatic heterocycles. The van der Waals surface area contributed by atoms with Crippen LogP contribution in [0, 0.1) is 11.3 Å². The molecular weight excluding hydrogens is 326 g/mol. The Morgan fingerprint density at radius 2 is 2.15 bits per heavy atom. The number of methoxy groups -OCH3 is 1. The van der Waals surface area contributed by atoms with Gasteiger partial charge in [0.25, 0.3) is 0 Å².